The van der Waals surface area contributed by atoms with Crippen molar-refractivity contribution in [3.8, 4) is 0 Å². The molecule has 0 aliphatic rings. The molecule has 1 heterocycles. The molecule has 0 radical (unpaired) electrons. The average molecular weight is 204 g/mol. The Balaban J connectivity index is 2.71. The first-order chi connectivity index (χ1) is 7.08. The number of fused-ring (bicyclic) bond motifs is 1. The van der Waals surface area contributed by atoms with Crippen LogP contribution in [0.25, 0.3) is 10.9 Å². The number of nitrogens with two attached hydrogens (primary N) is 1. The first-order valence-electron chi connectivity index (χ1n) is 4.93. The van der Waals surface area contributed by atoms with Gasteiger partial charge >= 0.3 is 0 Å². The summed E-state index contributed by atoms with van der Waals surface area (Å²) in [5.74, 6) is 0.529. The number of benzene rings is 1. The lowest BCUT2D eigenvalue weighted by Crippen LogP contribution is -2.00. The van der Waals surface area contributed by atoms with Gasteiger partial charge in [0.15, 0.2) is 0 Å². The van der Waals surface area contributed by atoms with E-state index in [4.69, 9.17) is 5.73 Å². The van der Waals surface area contributed by atoms with E-state index in [1.54, 1.807) is 6.07 Å². The summed E-state index contributed by atoms with van der Waals surface area (Å²) in [4.78, 5) is 4.20. The zero-order valence-electron chi connectivity index (χ0n) is 8.79. The van der Waals surface area contributed by atoms with Crippen LogP contribution in [0.2, 0.25) is 0 Å². The van der Waals surface area contributed by atoms with Gasteiger partial charge in [0.25, 0.3) is 0 Å². The van der Waals surface area contributed by atoms with E-state index in [0.717, 1.165) is 10.9 Å². The summed E-state index contributed by atoms with van der Waals surface area (Å²) in [5.41, 5.74) is 7.42. The predicted octanol–water partition coefficient (Wildman–Crippen LogP) is 3.08. The molecule has 0 unspecified atom stereocenters. The van der Waals surface area contributed by atoms with Crippen LogP contribution in [0.1, 0.15) is 25.3 Å². The first-order valence-corrected chi connectivity index (χ1v) is 4.93. The lowest BCUT2D eigenvalue weighted by Gasteiger charge is -2.09. The zero-order chi connectivity index (χ0) is 11.0. The van der Waals surface area contributed by atoms with Crippen LogP contribution < -0.4 is 5.73 Å². The third-order valence-electron chi connectivity index (χ3n) is 2.46. The van der Waals surface area contributed by atoms with Crippen molar-refractivity contribution < 1.29 is 4.39 Å². The molecule has 2 rings (SSSR count). The van der Waals surface area contributed by atoms with Crippen molar-refractivity contribution in [1.82, 2.24) is 4.98 Å². The Morgan fingerprint density at radius 2 is 2.00 bits per heavy atom. The molecule has 0 bridgehead atoms. The molecule has 15 heavy (non-hydrogen) atoms. The molecule has 0 saturated carbocycles. The van der Waals surface area contributed by atoms with Crippen molar-refractivity contribution >= 4 is 16.7 Å². The first kappa shape index (κ1) is 9.90. The van der Waals surface area contributed by atoms with E-state index < -0.39 is 0 Å². The molecule has 0 aliphatic heterocycles. The quantitative estimate of drug-likeness (QED) is 0.775. The molecule has 78 valence electrons. The van der Waals surface area contributed by atoms with Crippen molar-refractivity contribution in [3.05, 3.63) is 35.6 Å². The van der Waals surface area contributed by atoms with E-state index in [0.29, 0.717) is 17.3 Å². The highest BCUT2D eigenvalue weighted by Gasteiger charge is 2.07. The summed E-state index contributed by atoms with van der Waals surface area (Å²) in [6, 6.07) is 6.53. The molecule has 0 amide bonds. The van der Waals surface area contributed by atoms with E-state index in [2.05, 4.69) is 18.8 Å². The molecule has 2 N–H and O–H groups in total. The number of pyridine rings is 1. The maximum Gasteiger partial charge on any atom is 0.127 e. The van der Waals surface area contributed by atoms with Crippen molar-refractivity contribution in [1.29, 1.82) is 0 Å². The van der Waals surface area contributed by atoms with Gasteiger partial charge < -0.3 is 5.73 Å². The molecule has 1 aromatic carbocycles. The Hall–Kier alpha value is -1.64. The van der Waals surface area contributed by atoms with Crippen LogP contribution >= 0.6 is 0 Å². The summed E-state index contributed by atoms with van der Waals surface area (Å²) in [6.07, 6.45) is 0. The van der Waals surface area contributed by atoms with Crippen LogP contribution in [0.4, 0.5) is 10.2 Å². The monoisotopic (exact) mass is 204 g/mol. The Labute approximate surface area is 87.9 Å². The second-order valence-electron chi connectivity index (χ2n) is 3.95. The highest BCUT2D eigenvalue weighted by molar-refractivity contribution is 5.81. The molecule has 0 atom stereocenters. The van der Waals surface area contributed by atoms with E-state index in [9.17, 15) is 4.39 Å². The van der Waals surface area contributed by atoms with Gasteiger partial charge in [-0.25, -0.2) is 9.37 Å². The number of rotatable bonds is 1. The molecule has 0 saturated heterocycles. The molecule has 3 heteroatoms. The number of halogens is 1. The Bertz CT molecular complexity index is 506. The minimum Gasteiger partial charge on any atom is -0.383 e. The molecule has 2 aromatic rings. The molecule has 0 fully saturated rings. The smallest absolute Gasteiger partial charge is 0.127 e. The lowest BCUT2D eigenvalue weighted by atomic mass is 10.0. The lowest BCUT2D eigenvalue weighted by molar-refractivity contribution is 0.629. The third kappa shape index (κ3) is 1.77. The van der Waals surface area contributed by atoms with Gasteiger partial charge in [0, 0.05) is 11.5 Å². The topological polar surface area (TPSA) is 38.9 Å². The third-order valence-corrected chi connectivity index (χ3v) is 2.46. The highest BCUT2D eigenvalue weighted by Crippen LogP contribution is 2.24. The Morgan fingerprint density at radius 1 is 1.27 bits per heavy atom. The SMILES string of the molecule is CC(C)c1cc2ccc(F)cc2nc1N. The zero-order valence-corrected chi connectivity index (χ0v) is 8.79. The fourth-order valence-electron chi connectivity index (χ4n) is 1.63. The van der Waals surface area contributed by atoms with Gasteiger partial charge in [-0.2, -0.15) is 0 Å². The number of anilines is 1. The van der Waals surface area contributed by atoms with Crippen molar-refractivity contribution in [2.24, 2.45) is 0 Å². The summed E-state index contributed by atoms with van der Waals surface area (Å²) in [7, 11) is 0. The van der Waals surface area contributed by atoms with Crippen LogP contribution in [-0.2, 0) is 0 Å². The minimum atomic E-state index is -0.285. The standard InChI is InChI=1S/C12H13FN2/c1-7(2)10-5-8-3-4-9(13)6-11(8)15-12(10)14/h3-7H,1-2H3,(H2,14,15). The summed E-state index contributed by atoms with van der Waals surface area (Å²) in [6.45, 7) is 4.12. The van der Waals surface area contributed by atoms with Gasteiger partial charge in [0.05, 0.1) is 5.52 Å². The Kier molecular flexibility index (Phi) is 2.31. The van der Waals surface area contributed by atoms with Crippen molar-refractivity contribution in [3.63, 3.8) is 0 Å². The van der Waals surface area contributed by atoms with E-state index in [1.807, 2.05) is 6.07 Å². The summed E-state index contributed by atoms with van der Waals surface area (Å²) in [5, 5.41) is 0.925. The Morgan fingerprint density at radius 3 is 2.67 bits per heavy atom. The summed E-state index contributed by atoms with van der Waals surface area (Å²) < 4.78 is 12.9. The highest BCUT2D eigenvalue weighted by atomic mass is 19.1. The number of hydrogen-bond donors (Lipinski definition) is 1. The van der Waals surface area contributed by atoms with Crippen molar-refractivity contribution in [2.75, 3.05) is 5.73 Å². The molecule has 1 aromatic heterocycles. The van der Waals surface area contributed by atoms with Crippen LogP contribution in [0.5, 0.6) is 0 Å². The largest absolute Gasteiger partial charge is 0.383 e. The second-order valence-corrected chi connectivity index (χ2v) is 3.95. The van der Waals surface area contributed by atoms with Gasteiger partial charge in [-0.1, -0.05) is 13.8 Å². The van der Waals surface area contributed by atoms with Crippen LogP contribution in [-0.4, -0.2) is 4.98 Å². The van der Waals surface area contributed by atoms with Gasteiger partial charge in [0.2, 0.25) is 0 Å². The second kappa shape index (κ2) is 3.50. The van der Waals surface area contributed by atoms with Crippen LogP contribution in [0.15, 0.2) is 24.3 Å². The van der Waals surface area contributed by atoms with Gasteiger partial charge in [-0.05, 0) is 29.7 Å². The van der Waals surface area contributed by atoms with E-state index in [-0.39, 0.29) is 5.82 Å². The molecule has 0 aliphatic carbocycles. The molecular formula is C12H13FN2. The number of hydrogen-bond acceptors (Lipinski definition) is 2. The van der Waals surface area contributed by atoms with Gasteiger partial charge in [-0.15, -0.1) is 0 Å². The molecule has 2 nitrogen and oxygen atoms in total. The fraction of sp³-hybridized carbons (Fsp3) is 0.250. The number of nitrogens with zero attached hydrogens (tertiary/aromatic N) is 1. The maximum absolute atomic E-state index is 12.9. The summed E-state index contributed by atoms with van der Waals surface area (Å²) >= 11 is 0. The van der Waals surface area contributed by atoms with Crippen LogP contribution in [0, 0.1) is 5.82 Å². The van der Waals surface area contributed by atoms with E-state index >= 15 is 0 Å². The van der Waals surface area contributed by atoms with Crippen LogP contribution in [0.3, 0.4) is 0 Å². The van der Waals surface area contributed by atoms with E-state index in [1.165, 1.54) is 12.1 Å². The average Bonchev–Trinajstić information content (AvgIpc) is 2.15. The number of aromatic nitrogens is 1. The number of nitrogen functional groups attached to an aromatic ring is 1. The predicted molar refractivity (Wildman–Crippen MR) is 60.2 cm³/mol. The molecule has 0 spiro atoms. The van der Waals surface area contributed by atoms with Crippen molar-refractivity contribution in [2.45, 2.75) is 19.8 Å². The van der Waals surface area contributed by atoms with Gasteiger partial charge in [-0.3, -0.25) is 0 Å². The maximum atomic E-state index is 12.9. The fourth-order valence-corrected chi connectivity index (χ4v) is 1.63. The van der Waals surface area contributed by atoms with Gasteiger partial charge in [0.1, 0.15) is 11.6 Å². The molecular weight excluding hydrogens is 191 g/mol. The minimum absolute atomic E-state index is 0.285. The normalized spacial score (nSPS) is 11.2.